The summed E-state index contributed by atoms with van der Waals surface area (Å²) < 4.78 is 4.12. The zero-order chi connectivity index (χ0) is 14.3. The first-order chi connectivity index (χ1) is 8.29. The number of aliphatic hydroxyl groups is 2. The van der Waals surface area contributed by atoms with Crippen molar-refractivity contribution in [1.29, 1.82) is 0 Å². The van der Waals surface area contributed by atoms with Crippen LogP contribution in [0.2, 0.25) is 0 Å². The van der Waals surface area contributed by atoms with E-state index >= 15 is 0 Å². The first-order valence-corrected chi connectivity index (χ1v) is 6.73. The van der Waals surface area contributed by atoms with Gasteiger partial charge in [0.2, 0.25) is 0 Å². The van der Waals surface area contributed by atoms with Gasteiger partial charge in [0.15, 0.2) is 0 Å². The summed E-state index contributed by atoms with van der Waals surface area (Å²) in [7, 11) is 1.23. The van der Waals surface area contributed by atoms with Crippen molar-refractivity contribution >= 4 is 5.97 Å². The van der Waals surface area contributed by atoms with E-state index in [9.17, 15) is 9.90 Å². The second-order valence-corrected chi connectivity index (χ2v) is 5.59. The molecule has 0 saturated heterocycles. The third-order valence-electron chi connectivity index (χ3n) is 3.53. The van der Waals surface area contributed by atoms with Gasteiger partial charge in [0.05, 0.1) is 13.2 Å². The molecule has 0 amide bonds. The maximum absolute atomic E-state index is 10.0. The number of ether oxygens (including phenoxy) is 1. The van der Waals surface area contributed by atoms with E-state index in [4.69, 9.17) is 5.11 Å². The third kappa shape index (κ3) is 6.36. The van der Waals surface area contributed by atoms with E-state index < -0.39 is 12.1 Å². The van der Waals surface area contributed by atoms with Crippen LogP contribution < -0.4 is 0 Å². The maximum atomic E-state index is 10.0. The second-order valence-electron chi connectivity index (χ2n) is 5.59. The van der Waals surface area contributed by atoms with E-state index in [0.29, 0.717) is 11.8 Å². The average molecular weight is 260 g/mol. The quantitative estimate of drug-likeness (QED) is 0.745. The Balaban J connectivity index is 0.000000360. The number of esters is 1. The van der Waals surface area contributed by atoms with Crippen LogP contribution in [-0.2, 0) is 9.53 Å². The summed E-state index contributed by atoms with van der Waals surface area (Å²) in [5.74, 6) is 1.35. The van der Waals surface area contributed by atoms with Crippen LogP contribution in [-0.4, -0.2) is 35.5 Å². The van der Waals surface area contributed by atoms with Crippen molar-refractivity contribution in [2.45, 2.75) is 59.2 Å². The fourth-order valence-corrected chi connectivity index (χ4v) is 2.32. The molecule has 4 heteroatoms. The van der Waals surface area contributed by atoms with E-state index in [1.54, 1.807) is 0 Å². The van der Waals surface area contributed by atoms with E-state index in [0.717, 1.165) is 12.3 Å². The smallest absolute Gasteiger partial charge is 0.334 e. The molecule has 0 bridgehead atoms. The van der Waals surface area contributed by atoms with Gasteiger partial charge in [-0.15, -0.1) is 0 Å². The zero-order valence-electron chi connectivity index (χ0n) is 12.2. The lowest BCUT2D eigenvalue weighted by Gasteiger charge is -2.33. The topological polar surface area (TPSA) is 66.8 Å². The molecule has 1 rings (SSSR count). The minimum absolute atomic E-state index is 0.0289. The van der Waals surface area contributed by atoms with Crippen LogP contribution in [0.3, 0.4) is 0 Å². The highest BCUT2D eigenvalue weighted by Crippen LogP contribution is 2.33. The monoisotopic (exact) mass is 260 g/mol. The first kappa shape index (κ1) is 17.4. The molecule has 0 aliphatic heterocycles. The Morgan fingerprint density at radius 2 is 1.83 bits per heavy atom. The summed E-state index contributed by atoms with van der Waals surface area (Å²) in [4.78, 5) is 10.0. The number of rotatable bonds is 2. The van der Waals surface area contributed by atoms with Gasteiger partial charge < -0.3 is 14.9 Å². The Morgan fingerprint density at radius 1 is 1.28 bits per heavy atom. The maximum Gasteiger partial charge on any atom is 0.334 e. The van der Waals surface area contributed by atoms with Crippen molar-refractivity contribution in [3.8, 4) is 0 Å². The molecule has 1 saturated carbocycles. The predicted octanol–water partition coefficient (Wildman–Crippen LogP) is 1.98. The van der Waals surface area contributed by atoms with Crippen molar-refractivity contribution in [3.05, 3.63) is 0 Å². The Hall–Kier alpha value is -0.610. The average Bonchev–Trinajstić information content (AvgIpc) is 2.27. The molecule has 108 valence electrons. The number of hydrogen-bond acceptors (Lipinski definition) is 4. The van der Waals surface area contributed by atoms with Crippen molar-refractivity contribution in [1.82, 2.24) is 0 Å². The van der Waals surface area contributed by atoms with E-state index in [2.05, 4.69) is 25.5 Å². The van der Waals surface area contributed by atoms with Crippen LogP contribution in [0.4, 0.5) is 0 Å². The fourth-order valence-electron chi connectivity index (χ4n) is 2.32. The lowest BCUT2D eigenvalue weighted by atomic mass is 9.75. The molecule has 1 fully saturated rings. The highest BCUT2D eigenvalue weighted by molar-refractivity contribution is 5.73. The molecule has 0 radical (unpaired) electrons. The number of carbonyl (C=O) groups is 1. The van der Waals surface area contributed by atoms with Crippen molar-refractivity contribution in [2.24, 2.45) is 17.8 Å². The van der Waals surface area contributed by atoms with Crippen molar-refractivity contribution in [2.75, 3.05) is 7.11 Å². The van der Waals surface area contributed by atoms with Gasteiger partial charge in [0, 0.05) is 0 Å². The van der Waals surface area contributed by atoms with Gasteiger partial charge in [0.1, 0.15) is 6.10 Å². The van der Waals surface area contributed by atoms with Gasteiger partial charge in [-0.2, -0.15) is 0 Å². The van der Waals surface area contributed by atoms with Gasteiger partial charge in [0.25, 0.3) is 0 Å². The van der Waals surface area contributed by atoms with Crippen LogP contribution in [0.15, 0.2) is 0 Å². The van der Waals surface area contributed by atoms with Gasteiger partial charge >= 0.3 is 5.97 Å². The molecule has 0 aromatic heterocycles. The normalized spacial score (nSPS) is 29.2. The van der Waals surface area contributed by atoms with Crippen LogP contribution >= 0.6 is 0 Å². The number of hydrogen-bond donors (Lipinski definition) is 2. The molecule has 0 aromatic carbocycles. The Labute approximate surface area is 110 Å². The summed E-state index contributed by atoms with van der Waals surface area (Å²) in [6, 6.07) is 0. The molecule has 0 spiro atoms. The Bertz CT molecular complexity index is 238. The lowest BCUT2D eigenvalue weighted by molar-refractivity contribution is -0.149. The van der Waals surface area contributed by atoms with E-state index in [1.807, 2.05) is 0 Å². The van der Waals surface area contributed by atoms with Crippen LogP contribution in [0.25, 0.3) is 0 Å². The Kier molecular flexibility index (Phi) is 8.20. The Morgan fingerprint density at radius 3 is 2.11 bits per heavy atom. The number of carbonyl (C=O) groups excluding carboxylic acids is 1. The molecular formula is C14H28O4. The lowest BCUT2D eigenvalue weighted by Crippen LogP contribution is -2.31. The second kappa shape index (κ2) is 8.48. The van der Waals surface area contributed by atoms with E-state index in [1.165, 1.54) is 26.9 Å². The molecule has 2 N–H and O–H groups in total. The van der Waals surface area contributed by atoms with Gasteiger partial charge in [-0.3, -0.25) is 0 Å². The number of aliphatic hydroxyl groups excluding tert-OH is 2. The fraction of sp³-hybridized carbons (Fsp3) is 0.929. The zero-order valence-corrected chi connectivity index (χ0v) is 12.2. The van der Waals surface area contributed by atoms with Crippen molar-refractivity contribution in [3.63, 3.8) is 0 Å². The molecule has 1 aliphatic rings. The minimum atomic E-state index is -0.995. The van der Waals surface area contributed by atoms with Crippen LogP contribution in [0.1, 0.15) is 47.0 Å². The van der Waals surface area contributed by atoms with Gasteiger partial charge in [-0.1, -0.05) is 27.2 Å². The van der Waals surface area contributed by atoms with Crippen molar-refractivity contribution < 1.29 is 19.7 Å². The summed E-state index contributed by atoms with van der Waals surface area (Å²) in [6.07, 6.45) is 2.52. The molecule has 4 unspecified atom stereocenters. The van der Waals surface area contributed by atoms with Gasteiger partial charge in [-0.25, -0.2) is 4.79 Å². The minimum Gasteiger partial charge on any atom is -0.467 e. The largest absolute Gasteiger partial charge is 0.467 e. The molecule has 0 heterocycles. The molecular weight excluding hydrogens is 232 g/mol. The van der Waals surface area contributed by atoms with Crippen LogP contribution in [0, 0.1) is 17.8 Å². The molecule has 4 nitrogen and oxygen atoms in total. The summed E-state index contributed by atoms with van der Waals surface area (Å²) in [6.45, 7) is 8.01. The SMILES string of the molecule is CC1CCC(C(C)C)C(O)C1.COC(=O)C(C)O. The summed E-state index contributed by atoms with van der Waals surface area (Å²) >= 11 is 0. The molecule has 18 heavy (non-hydrogen) atoms. The molecule has 1 aliphatic carbocycles. The van der Waals surface area contributed by atoms with E-state index in [-0.39, 0.29) is 6.10 Å². The predicted molar refractivity (Wildman–Crippen MR) is 71.0 cm³/mol. The number of methoxy groups -OCH3 is 1. The van der Waals surface area contributed by atoms with Crippen LogP contribution in [0.5, 0.6) is 0 Å². The molecule has 0 aromatic rings. The molecule has 4 atom stereocenters. The summed E-state index contributed by atoms with van der Waals surface area (Å²) in [5.41, 5.74) is 0. The highest BCUT2D eigenvalue weighted by Gasteiger charge is 2.28. The summed E-state index contributed by atoms with van der Waals surface area (Å²) in [5, 5.41) is 18.1. The third-order valence-corrected chi connectivity index (χ3v) is 3.53. The highest BCUT2D eigenvalue weighted by atomic mass is 16.5. The first-order valence-electron chi connectivity index (χ1n) is 6.73. The standard InChI is InChI=1S/C10H20O.C4H8O3/c1-7(2)9-5-4-8(3)6-10(9)11;1-3(5)4(6)7-2/h7-11H,4-6H2,1-3H3;3,5H,1-2H3. The van der Waals surface area contributed by atoms with Gasteiger partial charge in [-0.05, 0) is 37.5 Å².